The van der Waals surface area contributed by atoms with E-state index in [2.05, 4.69) is 119 Å². The predicted molar refractivity (Wildman–Crippen MR) is 130 cm³/mol. The van der Waals surface area contributed by atoms with Gasteiger partial charge in [-0.2, -0.15) is 0 Å². The van der Waals surface area contributed by atoms with Crippen molar-refractivity contribution in [3.05, 3.63) is 95.6 Å². The molecule has 1 heteroatoms. The molecule has 30 heavy (non-hydrogen) atoms. The van der Waals surface area contributed by atoms with Crippen molar-refractivity contribution in [2.24, 2.45) is 0 Å². The number of fused-ring (bicyclic) bond motifs is 5. The van der Waals surface area contributed by atoms with Crippen LogP contribution >= 0.6 is 0 Å². The monoisotopic (exact) mass is 391 g/mol. The van der Waals surface area contributed by atoms with E-state index in [1.807, 2.05) is 0 Å². The maximum atomic E-state index is 3.61. The quantitative estimate of drug-likeness (QED) is 0.363. The molecule has 4 aromatic rings. The van der Waals surface area contributed by atoms with Gasteiger partial charge in [-0.15, -0.1) is 0 Å². The maximum Gasteiger partial charge on any atom is 0.0387 e. The Bertz CT molecular complexity index is 1250. The molecule has 0 saturated carbocycles. The second-order valence-corrected chi connectivity index (χ2v) is 10.0. The molecule has 0 saturated heterocycles. The van der Waals surface area contributed by atoms with Crippen LogP contribution < -0.4 is 5.32 Å². The summed E-state index contributed by atoms with van der Waals surface area (Å²) in [4.78, 5) is 0. The van der Waals surface area contributed by atoms with E-state index < -0.39 is 0 Å². The molecule has 0 atom stereocenters. The average molecular weight is 392 g/mol. The Labute approximate surface area is 179 Å². The molecule has 0 spiro atoms. The van der Waals surface area contributed by atoms with Crippen molar-refractivity contribution in [1.29, 1.82) is 0 Å². The molecule has 0 amide bonds. The molecule has 1 N–H and O–H groups in total. The van der Waals surface area contributed by atoms with E-state index >= 15 is 0 Å². The summed E-state index contributed by atoms with van der Waals surface area (Å²) in [5.74, 6) is 0. The number of hydrogen-bond donors (Lipinski definition) is 1. The van der Waals surface area contributed by atoms with E-state index in [0.29, 0.717) is 0 Å². The van der Waals surface area contributed by atoms with Crippen LogP contribution in [-0.2, 0) is 10.8 Å². The van der Waals surface area contributed by atoms with E-state index in [0.717, 1.165) is 11.4 Å². The normalized spacial score (nSPS) is 14.4. The highest BCUT2D eigenvalue weighted by Crippen LogP contribution is 2.51. The number of nitrogens with one attached hydrogen (secondary N) is 1. The minimum absolute atomic E-state index is 0.0285. The van der Waals surface area contributed by atoms with Gasteiger partial charge in [-0.05, 0) is 68.3 Å². The molecule has 0 fully saturated rings. The highest BCUT2D eigenvalue weighted by atomic mass is 14.9. The molecule has 0 aliphatic heterocycles. The highest BCUT2D eigenvalue weighted by Gasteiger charge is 2.36. The van der Waals surface area contributed by atoms with Gasteiger partial charge in [-0.25, -0.2) is 0 Å². The fourth-order valence-electron chi connectivity index (χ4n) is 4.90. The summed E-state index contributed by atoms with van der Waals surface area (Å²) in [6, 6.07) is 28.9. The molecule has 1 nitrogen and oxygen atoms in total. The summed E-state index contributed by atoms with van der Waals surface area (Å²) in [6.45, 7) is 11.5. The Morgan fingerprint density at radius 3 is 2.10 bits per heavy atom. The number of anilines is 2. The Morgan fingerprint density at radius 1 is 0.700 bits per heavy atom. The summed E-state index contributed by atoms with van der Waals surface area (Å²) in [7, 11) is 0. The van der Waals surface area contributed by atoms with Crippen LogP contribution in [0, 0.1) is 0 Å². The van der Waals surface area contributed by atoms with Crippen molar-refractivity contribution in [2.45, 2.75) is 45.4 Å². The van der Waals surface area contributed by atoms with Gasteiger partial charge in [0.15, 0.2) is 0 Å². The van der Waals surface area contributed by atoms with Gasteiger partial charge in [0, 0.05) is 16.8 Å². The highest BCUT2D eigenvalue weighted by molar-refractivity contribution is 5.97. The van der Waals surface area contributed by atoms with Crippen molar-refractivity contribution in [2.75, 3.05) is 5.32 Å². The zero-order valence-corrected chi connectivity index (χ0v) is 18.5. The molecule has 1 aliphatic rings. The van der Waals surface area contributed by atoms with E-state index in [1.165, 1.54) is 38.6 Å². The number of rotatable bonds is 2. The molecule has 0 radical (unpaired) electrons. The first-order valence-corrected chi connectivity index (χ1v) is 10.8. The van der Waals surface area contributed by atoms with E-state index in [4.69, 9.17) is 0 Å². The van der Waals surface area contributed by atoms with E-state index in [-0.39, 0.29) is 10.8 Å². The molecule has 1 aliphatic carbocycles. The summed E-state index contributed by atoms with van der Waals surface area (Å²) in [5, 5.41) is 6.29. The van der Waals surface area contributed by atoms with Gasteiger partial charge in [0.25, 0.3) is 0 Å². The molecule has 5 rings (SSSR count). The Kier molecular flexibility index (Phi) is 4.08. The molecule has 0 unspecified atom stereocenters. The molecule has 0 bridgehead atoms. The predicted octanol–water partition coefficient (Wildman–Crippen LogP) is 8.19. The molecule has 0 heterocycles. The Morgan fingerprint density at radius 2 is 1.37 bits per heavy atom. The van der Waals surface area contributed by atoms with Gasteiger partial charge in [-0.1, -0.05) is 89.2 Å². The fourth-order valence-corrected chi connectivity index (χ4v) is 4.90. The lowest BCUT2D eigenvalue weighted by molar-refractivity contribution is 0.590. The summed E-state index contributed by atoms with van der Waals surface area (Å²) < 4.78 is 0. The maximum absolute atomic E-state index is 3.61. The molecule has 0 aromatic heterocycles. The Hall–Kier alpha value is -3.06. The lowest BCUT2D eigenvalue weighted by atomic mass is 9.80. The third kappa shape index (κ3) is 2.92. The van der Waals surface area contributed by atoms with Crippen molar-refractivity contribution < 1.29 is 0 Å². The third-order valence-electron chi connectivity index (χ3n) is 6.58. The van der Waals surface area contributed by atoms with Crippen LogP contribution in [0.2, 0.25) is 0 Å². The van der Waals surface area contributed by atoms with Crippen molar-refractivity contribution in [3.8, 4) is 11.1 Å². The molecular weight excluding hydrogens is 362 g/mol. The van der Waals surface area contributed by atoms with Gasteiger partial charge < -0.3 is 5.32 Å². The van der Waals surface area contributed by atoms with Crippen LogP contribution in [0.15, 0.2) is 78.9 Å². The fraction of sp³-hybridized carbons (Fsp3) is 0.241. The van der Waals surface area contributed by atoms with Crippen LogP contribution in [0.4, 0.5) is 11.4 Å². The largest absolute Gasteiger partial charge is 0.356 e. The lowest BCUT2D eigenvalue weighted by Crippen LogP contribution is -2.15. The zero-order valence-electron chi connectivity index (χ0n) is 18.5. The lowest BCUT2D eigenvalue weighted by Gasteiger charge is -2.24. The second kappa shape index (κ2) is 6.47. The van der Waals surface area contributed by atoms with Crippen LogP contribution in [0.5, 0.6) is 0 Å². The smallest absolute Gasteiger partial charge is 0.0387 e. The second-order valence-electron chi connectivity index (χ2n) is 10.0. The van der Waals surface area contributed by atoms with E-state index in [9.17, 15) is 0 Å². The summed E-state index contributed by atoms with van der Waals surface area (Å²) in [6.07, 6.45) is 0. The standard InChI is InChI=1S/C29H29N/c1-28(2,3)20-11-13-21(14-12-20)30-22-15-17-24-25-16-10-19-8-6-7-9-23(19)27(25)29(4,5)26(24)18-22/h6-18,30H,1-5H3. The molecular formula is C29H29N. The van der Waals surface area contributed by atoms with Crippen molar-refractivity contribution >= 4 is 22.1 Å². The third-order valence-corrected chi connectivity index (χ3v) is 6.58. The zero-order chi connectivity index (χ0) is 21.1. The van der Waals surface area contributed by atoms with Gasteiger partial charge >= 0.3 is 0 Å². The SMILES string of the molecule is CC(C)(C)c1ccc(Nc2ccc3c(c2)C(C)(C)c2c-3ccc3ccccc23)cc1. The number of benzene rings is 4. The van der Waals surface area contributed by atoms with E-state index in [1.54, 1.807) is 0 Å². The summed E-state index contributed by atoms with van der Waals surface area (Å²) in [5.41, 5.74) is 9.33. The van der Waals surface area contributed by atoms with Gasteiger partial charge in [-0.3, -0.25) is 0 Å². The minimum Gasteiger partial charge on any atom is -0.356 e. The topological polar surface area (TPSA) is 12.0 Å². The van der Waals surface area contributed by atoms with Crippen LogP contribution in [-0.4, -0.2) is 0 Å². The number of hydrogen-bond acceptors (Lipinski definition) is 1. The minimum atomic E-state index is -0.0285. The average Bonchev–Trinajstić information content (AvgIpc) is 2.95. The van der Waals surface area contributed by atoms with Crippen LogP contribution in [0.1, 0.15) is 51.3 Å². The first-order valence-electron chi connectivity index (χ1n) is 10.8. The Balaban J connectivity index is 1.54. The summed E-state index contributed by atoms with van der Waals surface area (Å²) >= 11 is 0. The molecule has 150 valence electrons. The van der Waals surface area contributed by atoms with Gasteiger partial charge in [0.2, 0.25) is 0 Å². The van der Waals surface area contributed by atoms with Crippen molar-refractivity contribution in [3.63, 3.8) is 0 Å². The van der Waals surface area contributed by atoms with Crippen LogP contribution in [0.25, 0.3) is 21.9 Å². The van der Waals surface area contributed by atoms with Crippen molar-refractivity contribution in [1.82, 2.24) is 0 Å². The molecule has 4 aromatic carbocycles. The first kappa shape index (κ1) is 18.9. The first-order chi connectivity index (χ1) is 14.2. The van der Waals surface area contributed by atoms with Crippen LogP contribution in [0.3, 0.4) is 0 Å². The van der Waals surface area contributed by atoms with Gasteiger partial charge in [0.1, 0.15) is 0 Å². The van der Waals surface area contributed by atoms with Gasteiger partial charge in [0.05, 0.1) is 0 Å².